The highest BCUT2D eigenvalue weighted by atomic mass is 16.1. The molecule has 1 N–H and O–H groups in total. The van der Waals surface area contributed by atoms with Gasteiger partial charge in [0.05, 0.1) is 0 Å². The van der Waals surface area contributed by atoms with Gasteiger partial charge in [-0.25, -0.2) is 0 Å². The Hall–Kier alpha value is -2.38. The third-order valence-corrected chi connectivity index (χ3v) is 8.11. The van der Waals surface area contributed by atoms with Crippen LogP contribution in [0.4, 0.5) is 5.69 Å². The van der Waals surface area contributed by atoms with E-state index in [4.69, 9.17) is 0 Å². The van der Waals surface area contributed by atoms with Gasteiger partial charge in [-0.15, -0.1) is 0 Å². The fraction of sp³-hybridized carbons (Fsp3) is 0.688. The van der Waals surface area contributed by atoms with Crippen LogP contribution in [0.2, 0.25) is 0 Å². The highest BCUT2D eigenvalue weighted by Crippen LogP contribution is 2.24. The maximum Gasteiger partial charge on any atom is 0.163 e. The quantitative estimate of drug-likeness (QED) is 0.368. The SMILES string of the molecule is CC.CC1CCC(=O)CCC1=O.CCC(=O)c1cc(N2CCN(CCC3CCNCC3)CC2)ccc1C(C)=O. The third-order valence-electron chi connectivity index (χ3n) is 8.11. The molecule has 1 aliphatic carbocycles. The molecule has 1 unspecified atom stereocenters. The van der Waals surface area contributed by atoms with E-state index in [1.165, 1.54) is 45.8 Å². The molecule has 1 saturated carbocycles. The molecule has 7 heteroatoms. The number of nitrogens with zero attached hydrogens (tertiary/aromatic N) is 2. The second-order valence-electron chi connectivity index (χ2n) is 10.8. The number of ketones is 4. The molecule has 1 atom stereocenters. The summed E-state index contributed by atoms with van der Waals surface area (Å²) in [4.78, 5) is 50.9. The predicted molar refractivity (Wildman–Crippen MR) is 159 cm³/mol. The lowest BCUT2D eigenvalue weighted by atomic mass is 9.94. The van der Waals surface area contributed by atoms with Gasteiger partial charge in [0.25, 0.3) is 0 Å². The van der Waals surface area contributed by atoms with Gasteiger partial charge in [0.15, 0.2) is 11.6 Å². The molecule has 3 fully saturated rings. The molecule has 0 radical (unpaired) electrons. The van der Waals surface area contributed by atoms with Gasteiger partial charge in [-0.1, -0.05) is 27.7 Å². The summed E-state index contributed by atoms with van der Waals surface area (Å²) in [5.74, 6) is 1.50. The topological polar surface area (TPSA) is 86.8 Å². The highest BCUT2D eigenvalue weighted by molar-refractivity contribution is 6.08. The third kappa shape index (κ3) is 10.6. The van der Waals surface area contributed by atoms with Crippen molar-refractivity contribution in [1.29, 1.82) is 0 Å². The summed E-state index contributed by atoms with van der Waals surface area (Å²) in [6.45, 7) is 16.9. The monoisotopic (exact) mass is 541 g/mol. The molecule has 0 amide bonds. The number of anilines is 1. The molecular formula is C32H51N3O4. The molecule has 3 aliphatic rings. The fourth-order valence-electron chi connectivity index (χ4n) is 5.39. The van der Waals surface area contributed by atoms with Crippen LogP contribution >= 0.6 is 0 Å². The van der Waals surface area contributed by atoms with Gasteiger partial charge in [0.1, 0.15) is 11.6 Å². The standard InChI is InChI=1S/C22H33N3O2.C8H12O2.C2H6/c1-3-22(27)21-16-19(4-5-20(21)17(2)26)25-14-12-24(13-15-25)11-8-18-6-9-23-10-7-18;1-6-2-3-7(9)4-5-8(6)10;1-2/h4-5,16,18,23H,3,6-15H2,1-2H3;6H,2-5H2,1H3;1-2H3. The van der Waals surface area contributed by atoms with E-state index in [1.807, 2.05) is 45.9 Å². The zero-order chi connectivity index (χ0) is 28.8. The molecule has 2 saturated heterocycles. The van der Waals surface area contributed by atoms with Gasteiger partial charge in [-0.05, 0) is 76.4 Å². The Kier molecular flexibility index (Phi) is 14.6. The first-order valence-electron chi connectivity index (χ1n) is 15.2. The van der Waals surface area contributed by atoms with Crippen LogP contribution in [0, 0.1) is 11.8 Å². The number of piperazine rings is 1. The summed E-state index contributed by atoms with van der Waals surface area (Å²) in [5.41, 5.74) is 2.19. The van der Waals surface area contributed by atoms with Crippen LogP contribution in [0.15, 0.2) is 18.2 Å². The number of piperidine rings is 1. The van der Waals surface area contributed by atoms with E-state index < -0.39 is 0 Å². The van der Waals surface area contributed by atoms with E-state index in [0.717, 1.165) is 44.2 Å². The van der Waals surface area contributed by atoms with E-state index >= 15 is 0 Å². The minimum atomic E-state index is -0.0407. The van der Waals surface area contributed by atoms with E-state index in [2.05, 4.69) is 15.1 Å². The van der Waals surface area contributed by atoms with E-state index in [0.29, 0.717) is 36.8 Å². The van der Waals surface area contributed by atoms with E-state index in [9.17, 15) is 19.2 Å². The number of Topliss-reactive ketones (excluding diaryl/α,β-unsaturated/α-hetero) is 4. The normalized spacial score (nSPS) is 20.7. The average molecular weight is 542 g/mol. The Morgan fingerprint density at radius 3 is 2.21 bits per heavy atom. The zero-order valence-corrected chi connectivity index (χ0v) is 25.0. The summed E-state index contributed by atoms with van der Waals surface area (Å²) in [6, 6.07) is 5.74. The maximum atomic E-state index is 12.3. The molecule has 1 aromatic rings. The Balaban J connectivity index is 0.000000372. The molecule has 2 aliphatic heterocycles. The van der Waals surface area contributed by atoms with Crippen LogP contribution in [0.1, 0.15) is 107 Å². The number of hydrogen-bond donors (Lipinski definition) is 1. The van der Waals surface area contributed by atoms with Crippen LogP contribution in [-0.4, -0.2) is 73.8 Å². The molecular weight excluding hydrogens is 490 g/mol. The first kappa shape index (κ1) is 32.8. The second kappa shape index (κ2) is 17.3. The molecule has 39 heavy (non-hydrogen) atoms. The number of nitrogens with one attached hydrogen (secondary N) is 1. The van der Waals surface area contributed by atoms with Gasteiger partial charge < -0.3 is 10.2 Å². The van der Waals surface area contributed by atoms with Gasteiger partial charge in [-0.3, -0.25) is 24.1 Å². The number of carbonyl (C=O) groups excluding carboxylic acids is 4. The van der Waals surface area contributed by atoms with Crippen LogP contribution in [-0.2, 0) is 9.59 Å². The summed E-state index contributed by atoms with van der Waals surface area (Å²) in [7, 11) is 0. The largest absolute Gasteiger partial charge is 0.369 e. The summed E-state index contributed by atoms with van der Waals surface area (Å²) >= 11 is 0. The van der Waals surface area contributed by atoms with Gasteiger partial charge in [0, 0.05) is 74.6 Å². The van der Waals surface area contributed by atoms with Crippen molar-refractivity contribution in [3.8, 4) is 0 Å². The van der Waals surface area contributed by atoms with Crippen molar-refractivity contribution in [3.63, 3.8) is 0 Å². The maximum absolute atomic E-state index is 12.3. The Morgan fingerprint density at radius 1 is 0.923 bits per heavy atom. The Morgan fingerprint density at radius 2 is 1.59 bits per heavy atom. The number of rotatable bonds is 7. The summed E-state index contributed by atoms with van der Waals surface area (Å²) in [6.07, 6.45) is 6.68. The van der Waals surface area contributed by atoms with Crippen LogP contribution < -0.4 is 10.2 Å². The predicted octanol–water partition coefficient (Wildman–Crippen LogP) is 5.35. The van der Waals surface area contributed by atoms with Crippen LogP contribution in [0.5, 0.6) is 0 Å². The van der Waals surface area contributed by atoms with Crippen molar-refractivity contribution >= 4 is 28.8 Å². The molecule has 2 heterocycles. The molecule has 0 bridgehead atoms. The lowest BCUT2D eigenvalue weighted by molar-refractivity contribution is -0.123. The number of hydrogen-bond acceptors (Lipinski definition) is 7. The van der Waals surface area contributed by atoms with Crippen LogP contribution in [0.3, 0.4) is 0 Å². The van der Waals surface area contributed by atoms with Crippen molar-refractivity contribution in [3.05, 3.63) is 29.3 Å². The molecule has 0 spiro atoms. The minimum absolute atomic E-state index is 0.0407. The zero-order valence-electron chi connectivity index (χ0n) is 25.0. The average Bonchev–Trinajstić information content (AvgIpc) is 3.13. The second-order valence-corrected chi connectivity index (χ2v) is 10.8. The van der Waals surface area contributed by atoms with Crippen molar-refractivity contribution in [2.24, 2.45) is 11.8 Å². The van der Waals surface area contributed by atoms with Crippen molar-refractivity contribution in [2.45, 2.75) is 86.0 Å². The van der Waals surface area contributed by atoms with Crippen molar-refractivity contribution in [2.75, 3.05) is 50.7 Å². The first-order valence-corrected chi connectivity index (χ1v) is 15.2. The molecule has 1 aromatic carbocycles. The Bertz CT molecular complexity index is 947. The van der Waals surface area contributed by atoms with Crippen molar-refractivity contribution in [1.82, 2.24) is 10.2 Å². The fourth-order valence-corrected chi connectivity index (χ4v) is 5.39. The lowest BCUT2D eigenvalue weighted by Crippen LogP contribution is -2.47. The molecule has 218 valence electrons. The number of benzene rings is 1. The first-order chi connectivity index (χ1) is 18.8. The van der Waals surface area contributed by atoms with Gasteiger partial charge in [0.2, 0.25) is 0 Å². The molecule has 0 aromatic heterocycles. The van der Waals surface area contributed by atoms with Crippen LogP contribution in [0.25, 0.3) is 0 Å². The molecule has 4 rings (SSSR count). The minimum Gasteiger partial charge on any atom is -0.369 e. The highest BCUT2D eigenvalue weighted by Gasteiger charge is 2.22. The smallest absolute Gasteiger partial charge is 0.163 e. The van der Waals surface area contributed by atoms with Crippen molar-refractivity contribution < 1.29 is 19.2 Å². The molecule has 7 nitrogen and oxygen atoms in total. The van der Waals surface area contributed by atoms with Gasteiger partial charge >= 0.3 is 0 Å². The number of carbonyl (C=O) groups is 4. The summed E-state index contributed by atoms with van der Waals surface area (Å²) in [5, 5.41) is 3.44. The van der Waals surface area contributed by atoms with E-state index in [-0.39, 0.29) is 29.1 Å². The Labute approximate surface area is 236 Å². The van der Waals surface area contributed by atoms with Gasteiger partial charge in [-0.2, -0.15) is 0 Å². The summed E-state index contributed by atoms with van der Waals surface area (Å²) < 4.78 is 0. The lowest BCUT2D eigenvalue weighted by Gasteiger charge is -2.37. The van der Waals surface area contributed by atoms with E-state index in [1.54, 1.807) is 0 Å².